The lowest BCUT2D eigenvalue weighted by molar-refractivity contribution is -0.126. The number of nitrogens with one attached hydrogen (secondary N) is 1. The molecule has 23 heavy (non-hydrogen) atoms. The van der Waals surface area contributed by atoms with Crippen LogP contribution in [0.3, 0.4) is 0 Å². The highest BCUT2D eigenvalue weighted by molar-refractivity contribution is 5.94. The summed E-state index contributed by atoms with van der Waals surface area (Å²) < 4.78 is 6.95. The number of pyridine rings is 1. The second-order valence-electron chi connectivity index (χ2n) is 4.87. The highest BCUT2D eigenvalue weighted by atomic mass is 16.5. The van der Waals surface area contributed by atoms with Crippen molar-refractivity contribution < 1.29 is 9.53 Å². The number of carbonyl (C=O) groups is 1. The minimum atomic E-state index is -0.665. The Labute approximate surface area is 133 Å². The topological polar surface area (TPSA) is 69.0 Å². The van der Waals surface area contributed by atoms with Crippen LogP contribution in [-0.4, -0.2) is 27.8 Å². The molecule has 1 atom stereocenters. The second kappa shape index (κ2) is 6.85. The van der Waals surface area contributed by atoms with Crippen LogP contribution in [0.2, 0.25) is 0 Å². The Kier molecular flexibility index (Phi) is 4.44. The van der Waals surface area contributed by atoms with Crippen LogP contribution < -0.4 is 5.32 Å². The molecule has 0 radical (unpaired) electrons. The predicted octanol–water partition coefficient (Wildman–Crippen LogP) is 2.59. The van der Waals surface area contributed by atoms with Gasteiger partial charge >= 0.3 is 0 Å². The number of nitrogens with zero attached hydrogens (tertiary/aromatic N) is 3. The first-order chi connectivity index (χ1) is 11.3. The Balaban J connectivity index is 1.72. The fraction of sp³-hybridized carbons (Fsp3) is 0.118. The van der Waals surface area contributed by atoms with Crippen LogP contribution in [-0.2, 0) is 9.53 Å². The zero-order valence-electron chi connectivity index (χ0n) is 12.6. The summed E-state index contributed by atoms with van der Waals surface area (Å²) in [7, 11) is 1.51. The Morgan fingerprint density at radius 2 is 2.00 bits per heavy atom. The maximum absolute atomic E-state index is 12.4. The molecule has 2 aromatic heterocycles. The number of carbonyl (C=O) groups excluding carboxylic acids is 1. The molecular formula is C17H16N4O2. The van der Waals surface area contributed by atoms with Gasteiger partial charge in [-0.05, 0) is 23.8 Å². The van der Waals surface area contributed by atoms with E-state index in [4.69, 9.17) is 4.74 Å². The van der Waals surface area contributed by atoms with E-state index in [0.29, 0.717) is 11.5 Å². The van der Waals surface area contributed by atoms with Crippen molar-refractivity contribution in [3.05, 3.63) is 72.7 Å². The lowest BCUT2D eigenvalue weighted by Crippen LogP contribution is -2.22. The van der Waals surface area contributed by atoms with E-state index in [1.165, 1.54) is 7.11 Å². The van der Waals surface area contributed by atoms with Gasteiger partial charge in [-0.3, -0.25) is 4.79 Å². The van der Waals surface area contributed by atoms with Gasteiger partial charge in [0, 0.05) is 19.5 Å². The zero-order chi connectivity index (χ0) is 16.1. The van der Waals surface area contributed by atoms with Crippen molar-refractivity contribution in [1.82, 2.24) is 14.8 Å². The molecule has 0 spiro atoms. The molecule has 1 unspecified atom stereocenters. The average Bonchev–Trinajstić information content (AvgIpc) is 3.12. The standard InChI is InChI=1S/C17H16N4O2/c1-23-16(13-6-3-2-4-7-13)17(22)20-14-8-9-15(18-12-14)21-11-5-10-19-21/h2-12,16H,1H3,(H,20,22). The molecule has 0 bridgehead atoms. The summed E-state index contributed by atoms with van der Waals surface area (Å²) >= 11 is 0. The SMILES string of the molecule is COC(C(=O)Nc1ccc(-n2cccn2)nc1)c1ccccc1. The summed E-state index contributed by atoms with van der Waals surface area (Å²) in [6.45, 7) is 0. The van der Waals surface area contributed by atoms with Gasteiger partial charge in [-0.25, -0.2) is 9.67 Å². The minimum absolute atomic E-state index is 0.243. The van der Waals surface area contributed by atoms with Gasteiger partial charge in [0.05, 0.1) is 11.9 Å². The van der Waals surface area contributed by atoms with E-state index < -0.39 is 6.10 Å². The van der Waals surface area contributed by atoms with Crippen molar-refractivity contribution in [1.29, 1.82) is 0 Å². The molecular weight excluding hydrogens is 292 g/mol. The van der Waals surface area contributed by atoms with E-state index >= 15 is 0 Å². The third kappa shape index (κ3) is 3.44. The van der Waals surface area contributed by atoms with E-state index in [0.717, 1.165) is 5.56 Å². The molecule has 0 aliphatic carbocycles. The van der Waals surface area contributed by atoms with Gasteiger partial charge in [0.1, 0.15) is 0 Å². The lowest BCUT2D eigenvalue weighted by Gasteiger charge is -2.15. The van der Waals surface area contributed by atoms with Gasteiger partial charge in [-0.1, -0.05) is 30.3 Å². The number of rotatable bonds is 5. The first-order valence-corrected chi connectivity index (χ1v) is 7.12. The number of hydrogen-bond donors (Lipinski definition) is 1. The third-order valence-corrected chi connectivity index (χ3v) is 3.33. The van der Waals surface area contributed by atoms with Crippen LogP contribution in [0.5, 0.6) is 0 Å². The number of methoxy groups -OCH3 is 1. The molecule has 1 N–H and O–H groups in total. The summed E-state index contributed by atoms with van der Waals surface area (Å²) in [5.74, 6) is 0.437. The lowest BCUT2D eigenvalue weighted by atomic mass is 10.1. The smallest absolute Gasteiger partial charge is 0.258 e. The molecule has 116 valence electrons. The fourth-order valence-corrected chi connectivity index (χ4v) is 2.23. The Morgan fingerprint density at radius 3 is 2.61 bits per heavy atom. The predicted molar refractivity (Wildman–Crippen MR) is 86.2 cm³/mol. The van der Waals surface area contributed by atoms with E-state index in [-0.39, 0.29) is 5.91 Å². The number of amides is 1. The van der Waals surface area contributed by atoms with Crippen LogP contribution in [0.25, 0.3) is 5.82 Å². The van der Waals surface area contributed by atoms with Gasteiger partial charge in [-0.15, -0.1) is 0 Å². The maximum atomic E-state index is 12.4. The molecule has 0 aliphatic heterocycles. The van der Waals surface area contributed by atoms with Crippen molar-refractivity contribution in [3.63, 3.8) is 0 Å². The van der Waals surface area contributed by atoms with Crippen LogP contribution in [0.1, 0.15) is 11.7 Å². The van der Waals surface area contributed by atoms with Crippen molar-refractivity contribution >= 4 is 11.6 Å². The number of hydrogen-bond acceptors (Lipinski definition) is 4. The van der Waals surface area contributed by atoms with E-state index in [9.17, 15) is 4.79 Å². The van der Waals surface area contributed by atoms with Gasteiger partial charge in [0.25, 0.3) is 5.91 Å². The molecule has 3 rings (SSSR count). The Bertz CT molecular complexity index is 755. The second-order valence-corrected chi connectivity index (χ2v) is 4.87. The normalized spacial score (nSPS) is 11.9. The summed E-state index contributed by atoms with van der Waals surface area (Å²) in [5, 5.41) is 6.91. The molecule has 1 aromatic carbocycles. The third-order valence-electron chi connectivity index (χ3n) is 3.33. The first-order valence-electron chi connectivity index (χ1n) is 7.12. The molecule has 0 saturated heterocycles. The van der Waals surface area contributed by atoms with E-state index in [1.54, 1.807) is 35.4 Å². The van der Waals surface area contributed by atoms with Crippen LogP contribution in [0, 0.1) is 0 Å². The van der Waals surface area contributed by atoms with Crippen molar-refractivity contribution in [2.24, 2.45) is 0 Å². The summed E-state index contributed by atoms with van der Waals surface area (Å²) in [6, 6.07) is 14.7. The van der Waals surface area contributed by atoms with Gasteiger partial charge in [0.2, 0.25) is 0 Å². The minimum Gasteiger partial charge on any atom is -0.367 e. The Hall–Kier alpha value is -2.99. The highest BCUT2D eigenvalue weighted by Crippen LogP contribution is 2.19. The fourth-order valence-electron chi connectivity index (χ4n) is 2.23. The first kappa shape index (κ1) is 14.9. The largest absolute Gasteiger partial charge is 0.367 e. The van der Waals surface area contributed by atoms with Crippen LogP contribution in [0.15, 0.2) is 67.1 Å². The summed E-state index contributed by atoms with van der Waals surface area (Å²) in [6.07, 6.45) is 4.41. The monoisotopic (exact) mass is 308 g/mol. The highest BCUT2D eigenvalue weighted by Gasteiger charge is 2.19. The molecule has 1 amide bonds. The zero-order valence-corrected chi connectivity index (χ0v) is 12.6. The van der Waals surface area contributed by atoms with Crippen molar-refractivity contribution in [2.75, 3.05) is 12.4 Å². The van der Waals surface area contributed by atoms with Crippen molar-refractivity contribution in [3.8, 4) is 5.82 Å². The maximum Gasteiger partial charge on any atom is 0.258 e. The van der Waals surface area contributed by atoms with Gasteiger partial charge in [0.15, 0.2) is 11.9 Å². The number of aromatic nitrogens is 3. The van der Waals surface area contributed by atoms with Gasteiger partial charge < -0.3 is 10.1 Å². The number of benzene rings is 1. The van der Waals surface area contributed by atoms with Crippen LogP contribution in [0.4, 0.5) is 5.69 Å². The molecule has 0 fully saturated rings. The van der Waals surface area contributed by atoms with E-state index in [1.807, 2.05) is 36.4 Å². The molecule has 3 aromatic rings. The van der Waals surface area contributed by atoms with Crippen molar-refractivity contribution in [2.45, 2.75) is 6.10 Å². The quantitative estimate of drug-likeness (QED) is 0.786. The number of anilines is 1. The molecule has 2 heterocycles. The molecule has 6 heteroatoms. The summed E-state index contributed by atoms with van der Waals surface area (Å²) in [5.41, 5.74) is 1.40. The molecule has 0 aliphatic rings. The van der Waals surface area contributed by atoms with Gasteiger partial charge in [-0.2, -0.15) is 5.10 Å². The number of ether oxygens (including phenoxy) is 1. The summed E-state index contributed by atoms with van der Waals surface area (Å²) in [4.78, 5) is 16.7. The average molecular weight is 308 g/mol. The molecule has 0 saturated carbocycles. The molecule has 6 nitrogen and oxygen atoms in total. The van der Waals surface area contributed by atoms with E-state index in [2.05, 4.69) is 15.4 Å². The Morgan fingerprint density at radius 1 is 1.17 bits per heavy atom. The van der Waals surface area contributed by atoms with Crippen LogP contribution >= 0.6 is 0 Å².